The molecule has 1 saturated carbocycles. The molecule has 0 bridgehead atoms. The highest BCUT2D eigenvalue weighted by atomic mass is 32.2. The SMILES string of the molecule is CC(C)c1nnc(NC(=O)c2ccccc2SCC(=O)NC2CCCCCCC2)s1. The Bertz CT molecular complexity index is 845. The maximum Gasteiger partial charge on any atom is 0.258 e. The van der Waals surface area contributed by atoms with Crippen molar-refractivity contribution in [3.63, 3.8) is 0 Å². The van der Waals surface area contributed by atoms with Gasteiger partial charge < -0.3 is 5.32 Å². The van der Waals surface area contributed by atoms with Gasteiger partial charge in [0.2, 0.25) is 11.0 Å². The number of carbonyl (C=O) groups is 2. The van der Waals surface area contributed by atoms with Crippen LogP contribution in [0.5, 0.6) is 0 Å². The molecule has 0 saturated heterocycles. The minimum atomic E-state index is -0.231. The highest BCUT2D eigenvalue weighted by molar-refractivity contribution is 8.00. The molecule has 162 valence electrons. The zero-order valence-electron chi connectivity index (χ0n) is 17.6. The van der Waals surface area contributed by atoms with Crippen molar-refractivity contribution in [2.75, 3.05) is 11.1 Å². The van der Waals surface area contributed by atoms with Crippen LogP contribution in [0.1, 0.15) is 80.1 Å². The van der Waals surface area contributed by atoms with Crippen LogP contribution in [0.25, 0.3) is 0 Å². The second-order valence-electron chi connectivity index (χ2n) is 7.95. The van der Waals surface area contributed by atoms with Crippen LogP contribution in [0, 0.1) is 0 Å². The van der Waals surface area contributed by atoms with Gasteiger partial charge in [0.1, 0.15) is 5.01 Å². The van der Waals surface area contributed by atoms with Crippen LogP contribution in [0.4, 0.5) is 5.13 Å². The van der Waals surface area contributed by atoms with E-state index < -0.39 is 0 Å². The lowest BCUT2D eigenvalue weighted by atomic mass is 9.97. The number of amides is 2. The topological polar surface area (TPSA) is 84.0 Å². The summed E-state index contributed by atoms with van der Waals surface area (Å²) in [6.07, 6.45) is 8.33. The maximum absolute atomic E-state index is 12.8. The Hall–Kier alpha value is -1.93. The fourth-order valence-corrected chi connectivity index (χ4v) is 5.08. The molecule has 0 radical (unpaired) electrons. The molecule has 1 aliphatic rings. The number of rotatable bonds is 7. The van der Waals surface area contributed by atoms with Crippen LogP contribution < -0.4 is 10.6 Å². The lowest BCUT2D eigenvalue weighted by molar-refractivity contribution is -0.119. The molecule has 1 fully saturated rings. The molecule has 2 N–H and O–H groups in total. The highest BCUT2D eigenvalue weighted by Gasteiger charge is 2.17. The van der Waals surface area contributed by atoms with E-state index in [1.165, 1.54) is 55.2 Å². The molecule has 0 aliphatic heterocycles. The number of nitrogens with zero attached hydrogens (tertiary/aromatic N) is 2. The molecule has 1 aromatic heterocycles. The molecule has 0 unspecified atom stereocenters. The first kappa shape index (κ1) is 22.7. The average molecular weight is 447 g/mol. The van der Waals surface area contributed by atoms with Gasteiger partial charge in [-0.25, -0.2) is 0 Å². The predicted molar refractivity (Wildman–Crippen MR) is 123 cm³/mol. The van der Waals surface area contributed by atoms with Crippen molar-refractivity contribution >= 4 is 40.0 Å². The summed E-state index contributed by atoms with van der Waals surface area (Å²) in [4.78, 5) is 26.0. The van der Waals surface area contributed by atoms with Crippen molar-refractivity contribution in [2.24, 2.45) is 0 Å². The molecule has 6 nitrogen and oxygen atoms in total. The molecule has 8 heteroatoms. The molecular weight excluding hydrogens is 416 g/mol. The number of hydrogen-bond donors (Lipinski definition) is 2. The fourth-order valence-electron chi connectivity index (χ4n) is 3.48. The van der Waals surface area contributed by atoms with Crippen molar-refractivity contribution in [3.05, 3.63) is 34.8 Å². The molecule has 2 amide bonds. The summed E-state index contributed by atoms with van der Waals surface area (Å²) >= 11 is 2.78. The first-order valence-electron chi connectivity index (χ1n) is 10.7. The van der Waals surface area contributed by atoms with Crippen molar-refractivity contribution in [2.45, 2.75) is 75.6 Å². The zero-order chi connectivity index (χ0) is 21.3. The molecule has 1 heterocycles. The number of nitrogens with one attached hydrogen (secondary N) is 2. The van der Waals surface area contributed by atoms with Gasteiger partial charge in [0.15, 0.2) is 0 Å². The largest absolute Gasteiger partial charge is 0.353 e. The quantitative estimate of drug-likeness (QED) is 0.569. The summed E-state index contributed by atoms with van der Waals surface area (Å²) < 4.78 is 0. The Balaban J connectivity index is 1.56. The van der Waals surface area contributed by atoms with Gasteiger partial charge in [0.05, 0.1) is 11.3 Å². The van der Waals surface area contributed by atoms with Crippen LogP contribution in [0.2, 0.25) is 0 Å². The first-order chi connectivity index (χ1) is 14.5. The van der Waals surface area contributed by atoms with Crippen LogP contribution in [-0.4, -0.2) is 33.8 Å². The van der Waals surface area contributed by atoms with Gasteiger partial charge in [-0.3, -0.25) is 14.9 Å². The van der Waals surface area contributed by atoms with Gasteiger partial charge in [0.25, 0.3) is 5.91 Å². The summed E-state index contributed by atoms with van der Waals surface area (Å²) in [5.74, 6) is 0.376. The first-order valence-corrected chi connectivity index (χ1v) is 12.5. The van der Waals surface area contributed by atoms with E-state index >= 15 is 0 Å². The molecule has 1 aromatic carbocycles. The summed E-state index contributed by atoms with van der Waals surface area (Å²) in [5.41, 5.74) is 0.544. The summed E-state index contributed by atoms with van der Waals surface area (Å²) in [6.45, 7) is 4.08. The molecule has 0 atom stereocenters. The number of benzene rings is 1. The number of anilines is 1. The van der Waals surface area contributed by atoms with E-state index in [1.54, 1.807) is 6.07 Å². The Labute approximate surface area is 186 Å². The standard InChI is InChI=1S/C22H30N4O2S2/c1-15(2)21-25-26-22(30-21)24-20(28)17-12-8-9-13-18(17)29-14-19(27)23-16-10-6-4-3-5-7-11-16/h8-9,12-13,15-16H,3-7,10-11,14H2,1-2H3,(H,23,27)(H,24,26,28). The minimum Gasteiger partial charge on any atom is -0.353 e. The third-order valence-electron chi connectivity index (χ3n) is 5.12. The molecule has 2 aromatic rings. The van der Waals surface area contributed by atoms with Crippen molar-refractivity contribution in [1.82, 2.24) is 15.5 Å². The lowest BCUT2D eigenvalue weighted by Crippen LogP contribution is -2.36. The van der Waals surface area contributed by atoms with Gasteiger partial charge in [-0.2, -0.15) is 0 Å². The van der Waals surface area contributed by atoms with Gasteiger partial charge >= 0.3 is 0 Å². The van der Waals surface area contributed by atoms with Gasteiger partial charge in [-0.1, -0.05) is 69.4 Å². The summed E-state index contributed by atoms with van der Waals surface area (Å²) in [5, 5.41) is 15.6. The number of thioether (sulfide) groups is 1. The number of carbonyl (C=O) groups excluding carboxylic acids is 2. The van der Waals surface area contributed by atoms with Gasteiger partial charge in [0, 0.05) is 16.9 Å². The van der Waals surface area contributed by atoms with E-state index in [2.05, 4.69) is 20.8 Å². The Morgan fingerprint density at radius 1 is 1.10 bits per heavy atom. The summed E-state index contributed by atoms with van der Waals surface area (Å²) in [7, 11) is 0. The third kappa shape index (κ3) is 6.80. The van der Waals surface area contributed by atoms with Crippen molar-refractivity contribution in [1.29, 1.82) is 0 Å². The lowest BCUT2D eigenvalue weighted by Gasteiger charge is -2.21. The van der Waals surface area contributed by atoms with Crippen LogP contribution in [-0.2, 0) is 4.79 Å². The Morgan fingerprint density at radius 3 is 2.50 bits per heavy atom. The summed E-state index contributed by atoms with van der Waals surface area (Å²) in [6, 6.07) is 7.64. The van der Waals surface area contributed by atoms with Gasteiger partial charge in [-0.15, -0.1) is 22.0 Å². The van der Waals surface area contributed by atoms with E-state index in [-0.39, 0.29) is 23.8 Å². The smallest absolute Gasteiger partial charge is 0.258 e. The molecule has 3 rings (SSSR count). The van der Waals surface area contributed by atoms with Crippen LogP contribution in [0.15, 0.2) is 29.2 Å². The van der Waals surface area contributed by atoms with E-state index in [1.807, 2.05) is 32.0 Å². The molecule has 1 aliphatic carbocycles. The van der Waals surface area contributed by atoms with E-state index in [0.29, 0.717) is 16.4 Å². The number of hydrogen-bond acceptors (Lipinski definition) is 6. The second-order valence-corrected chi connectivity index (χ2v) is 9.97. The Morgan fingerprint density at radius 2 is 1.80 bits per heavy atom. The predicted octanol–water partition coefficient (Wildman–Crippen LogP) is 5.24. The van der Waals surface area contributed by atoms with E-state index in [9.17, 15) is 9.59 Å². The highest BCUT2D eigenvalue weighted by Crippen LogP contribution is 2.26. The third-order valence-corrected chi connectivity index (χ3v) is 7.33. The van der Waals surface area contributed by atoms with E-state index in [0.717, 1.165) is 22.7 Å². The van der Waals surface area contributed by atoms with E-state index in [4.69, 9.17) is 0 Å². The zero-order valence-corrected chi connectivity index (χ0v) is 19.3. The molecule has 0 spiro atoms. The number of aromatic nitrogens is 2. The van der Waals surface area contributed by atoms with Crippen LogP contribution in [0.3, 0.4) is 0 Å². The monoisotopic (exact) mass is 446 g/mol. The van der Waals surface area contributed by atoms with Crippen molar-refractivity contribution in [3.8, 4) is 0 Å². The maximum atomic E-state index is 12.8. The Kier molecular flexibility index (Phi) is 8.69. The van der Waals surface area contributed by atoms with Crippen LogP contribution >= 0.6 is 23.1 Å². The minimum absolute atomic E-state index is 0.0338. The molecular formula is C22H30N4O2S2. The van der Waals surface area contributed by atoms with Gasteiger partial charge in [-0.05, 0) is 25.0 Å². The molecule has 30 heavy (non-hydrogen) atoms. The fraction of sp³-hybridized carbons (Fsp3) is 0.545. The van der Waals surface area contributed by atoms with Crippen molar-refractivity contribution < 1.29 is 9.59 Å². The average Bonchev–Trinajstić information content (AvgIpc) is 3.17. The second kappa shape index (κ2) is 11.5. The normalized spacial score (nSPS) is 15.4.